The Hall–Kier alpha value is -6.50. The second kappa shape index (κ2) is 11.2. The molecule has 0 N–H and O–H groups in total. The van der Waals surface area contributed by atoms with E-state index in [0.717, 1.165) is 0 Å². The molecule has 1 aliphatic rings. The summed E-state index contributed by atoms with van der Waals surface area (Å²) in [5.41, 5.74) is 13.0. The average molecular weight is 673 g/mol. The van der Waals surface area contributed by atoms with Gasteiger partial charge in [0, 0.05) is 5.41 Å². The summed E-state index contributed by atoms with van der Waals surface area (Å²) in [5, 5.41) is 13.0. The highest BCUT2D eigenvalue weighted by Gasteiger charge is 2.35. The van der Waals surface area contributed by atoms with E-state index < -0.39 is 0 Å². The Bertz CT molecular complexity index is 3120. The van der Waals surface area contributed by atoms with Gasteiger partial charge in [0.1, 0.15) is 0 Å². The maximum absolute atomic E-state index is 2.43. The van der Waals surface area contributed by atoms with E-state index in [1.54, 1.807) is 0 Å². The lowest BCUT2D eigenvalue weighted by Gasteiger charge is -2.22. The lowest BCUT2D eigenvalue weighted by atomic mass is 9.81. The van der Waals surface area contributed by atoms with Crippen molar-refractivity contribution >= 4 is 53.9 Å². The molecule has 10 aromatic carbocycles. The molecule has 0 unspecified atom stereocenters. The fourth-order valence-corrected chi connectivity index (χ4v) is 9.34. The monoisotopic (exact) mass is 672 g/mol. The number of hydrogen-bond donors (Lipinski definition) is 0. The van der Waals surface area contributed by atoms with Crippen LogP contribution < -0.4 is 0 Å². The molecule has 0 radical (unpaired) electrons. The van der Waals surface area contributed by atoms with Gasteiger partial charge in [-0.15, -0.1) is 0 Å². The van der Waals surface area contributed by atoms with Crippen molar-refractivity contribution in [1.29, 1.82) is 0 Å². The van der Waals surface area contributed by atoms with Gasteiger partial charge in [-0.2, -0.15) is 0 Å². The quantitative estimate of drug-likeness (QED) is 0.164. The van der Waals surface area contributed by atoms with Gasteiger partial charge in [0.15, 0.2) is 0 Å². The third-order valence-corrected chi connectivity index (χ3v) is 12.0. The maximum Gasteiger partial charge on any atom is 0.0159 e. The fourth-order valence-electron chi connectivity index (χ4n) is 9.34. The molecule has 0 saturated heterocycles. The van der Waals surface area contributed by atoms with Gasteiger partial charge in [-0.25, -0.2) is 0 Å². The molecule has 1 aliphatic carbocycles. The van der Waals surface area contributed by atoms with E-state index in [4.69, 9.17) is 0 Å². The first-order valence-electron chi connectivity index (χ1n) is 18.7. The Labute approximate surface area is 309 Å². The fraction of sp³-hybridized carbons (Fsp3) is 0.0566. The van der Waals surface area contributed by atoms with Crippen LogP contribution in [0.1, 0.15) is 25.0 Å². The summed E-state index contributed by atoms with van der Waals surface area (Å²) in [6.45, 7) is 4.71. The van der Waals surface area contributed by atoms with Crippen LogP contribution in [0.5, 0.6) is 0 Å². The Morgan fingerprint density at radius 2 is 0.755 bits per heavy atom. The summed E-state index contributed by atoms with van der Waals surface area (Å²) in [4.78, 5) is 0. The Kier molecular flexibility index (Phi) is 6.40. The summed E-state index contributed by atoms with van der Waals surface area (Å²) < 4.78 is 0. The second-order valence-electron chi connectivity index (χ2n) is 15.3. The second-order valence-corrected chi connectivity index (χ2v) is 15.3. The summed E-state index contributed by atoms with van der Waals surface area (Å²) in [6.07, 6.45) is 0. The predicted octanol–water partition coefficient (Wildman–Crippen LogP) is 14.8. The van der Waals surface area contributed by atoms with Crippen LogP contribution in [0.15, 0.2) is 182 Å². The van der Waals surface area contributed by atoms with E-state index in [1.807, 2.05) is 0 Å². The number of rotatable bonds is 3. The first-order chi connectivity index (χ1) is 26.0. The highest BCUT2D eigenvalue weighted by molar-refractivity contribution is 6.33. The van der Waals surface area contributed by atoms with E-state index in [0.29, 0.717) is 0 Å². The van der Waals surface area contributed by atoms with Crippen molar-refractivity contribution in [2.75, 3.05) is 0 Å². The van der Waals surface area contributed by atoms with Gasteiger partial charge in [-0.1, -0.05) is 172 Å². The zero-order chi connectivity index (χ0) is 35.3. The van der Waals surface area contributed by atoms with Gasteiger partial charge in [-0.3, -0.25) is 0 Å². The van der Waals surface area contributed by atoms with Crippen LogP contribution in [0.25, 0.3) is 98.4 Å². The van der Waals surface area contributed by atoms with Crippen LogP contribution >= 0.6 is 0 Å². The smallest absolute Gasteiger partial charge is 0.0159 e. The minimum atomic E-state index is -0.0145. The third-order valence-electron chi connectivity index (χ3n) is 12.0. The predicted molar refractivity (Wildman–Crippen MR) is 228 cm³/mol. The number of hydrogen-bond acceptors (Lipinski definition) is 0. The lowest BCUT2D eigenvalue weighted by Crippen LogP contribution is -2.14. The summed E-state index contributed by atoms with van der Waals surface area (Å²) >= 11 is 0. The van der Waals surface area contributed by atoms with Crippen LogP contribution in [0.3, 0.4) is 0 Å². The number of fused-ring (bicyclic) bond motifs is 12. The lowest BCUT2D eigenvalue weighted by molar-refractivity contribution is 0.660. The van der Waals surface area contributed by atoms with Gasteiger partial charge in [0.25, 0.3) is 0 Å². The van der Waals surface area contributed by atoms with Crippen molar-refractivity contribution in [3.8, 4) is 44.5 Å². The molecule has 0 aromatic heterocycles. The molecule has 0 heterocycles. The van der Waals surface area contributed by atoms with Gasteiger partial charge in [-0.05, 0) is 134 Å². The Morgan fingerprint density at radius 1 is 0.283 bits per heavy atom. The maximum atomic E-state index is 2.43. The highest BCUT2D eigenvalue weighted by atomic mass is 14.4. The molecule has 11 rings (SSSR count). The average Bonchev–Trinajstić information content (AvgIpc) is 3.45. The zero-order valence-corrected chi connectivity index (χ0v) is 29.8. The van der Waals surface area contributed by atoms with E-state index in [-0.39, 0.29) is 5.41 Å². The molecule has 0 fully saturated rings. The first-order valence-corrected chi connectivity index (χ1v) is 18.7. The van der Waals surface area contributed by atoms with Gasteiger partial charge < -0.3 is 0 Å². The van der Waals surface area contributed by atoms with Crippen molar-refractivity contribution < 1.29 is 0 Å². The minimum Gasteiger partial charge on any atom is -0.0619 e. The molecule has 0 bridgehead atoms. The van der Waals surface area contributed by atoms with Crippen molar-refractivity contribution in [3.05, 3.63) is 193 Å². The Balaban J connectivity index is 0.994. The number of benzene rings is 10. The SMILES string of the molecule is CC1(C)c2ccccc2-c2ccc(-c3ccc4ccc(-c5ccc(-c6cc7c8ccccc8c8ccccc8c7c7ccccc67)cc5)cc4c3)cc21. The van der Waals surface area contributed by atoms with Crippen LogP contribution in [0.4, 0.5) is 0 Å². The molecule has 10 aromatic rings. The molecule has 248 valence electrons. The van der Waals surface area contributed by atoms with E-state index in [9.17, 15) is 0 Å². The topological polar surface area (TPSA) is 0 Å². The standard InChI is InChI=1S/C53H36/c1-53(2)50-18-10-9-15-44(50)45-28-27-38(31-51(45)53)37-26-22-34-21-25-36(29-39(34)30-37)33-19-23-35(24-20-33)48-32-49-42-13-4-3-11-40(42)41-12-5-7-16-46(41)52(49)47-17-8-6-14-43(47)48/h3-32H,1-2H3. The van der Waals surface area contributed by atoms with Gasteiger partial charge >= 0.3 is 0 Å². The largest absolute Gasteiger partial charge is 0.0619 e. The molecule has 0 spiro atoms. The molecule has 0 heteroatoms. The molecule has 0 amide bonds. The summed E-state index contributed by atoms with van der Waals surface area (Å²) in [7, 11) is 0. The zero-order valence-electron chi connectivity index (χ0n) is 29.8. The van der Waals surface area contributed by atoms with Gasteiger partial charge in [0.2, 0.25) is 0 Å². The van der Waals surface area contributed by atoms with Crippen LogP contribution in [-0.2, 0) is 5.41 Å². The van der Waals surface area contributed by atoms with Gasteiger partial charge in [0.05, 0.1) is 0 Å². The molecule has 0 atom stereocenters. The van der Waals surface area contributed by atoms with Crippen molar-refractivity contribution in [2.24, 2.45) is 0 Å². The van der Waals surface area contributed by atoms with Crippen molar-refractivity contribution in [3.63, 3.8) is 0 Å². The molecule has 0 nitrogen and oxygen atoms in total. The van der Waals surface area contributed by atoms with Crippen molar-refractivity contribution in [2.45, 2.75) is 19.3 Å². The highest BCUT2D eigenvalue weighted by Crippen LogP contribution is 2.50. The molecule has 0 aliphatic heterocycles. The molecular weight excluding hydrogens is 637 g/mol. The summed E-state index contributed by atoms with van der Waals surface area (Å²) in [5.74, 6) is 0. The Morgan fingerprint density at radius 3 is 1.47 bits per heavy atom. The van der Waals surface area contributed by atoms with E-state index >= 15 is 0 Å². The van der Waals surface area contributed by atoms with E-state index in [2.05, 4.69) is 196 Å². The third kappa shape index (κ3) is 4.49. The van der Waals surface area contributed by atoms with Crippen LogP contribution in [0.2, 0.25) is 0 Å². The molecule has 0 saturated carbocycles. The first kappa shape index (κ1) is 30.2. The van der Waals surface area contributed by atoms with Crippen LogP contribution in [0, 0.1) is 0 Å². The molecular formula is C53H36. The van der Waals surface area contributed by atoms with Crippen LogP contribution in [-0.4, -0.2) is 0 Å². The normalized spacial score (nSPS) is 13.2. The molecule has 53 heavy (non-hydrogen) atoms. The summed E-state index contributed by atoms with van der Waals surface area (Å²) in [6, 6.07) is 67.9. The van der Waals surface area contributed by atoms with Crippen molar-refractivity contribution in [1.82, 2.24) is 0 Å². The minimum absolute atomic E-state index is 0.0145. The van der Waals surface area contributed by atoms with E-state index in [1.165, 1.54) is 109 Å².